The van der Waals surface area contributed by atoms with Crippen molar-refractivity contribution in [3.05, 3.63) is 58.9 Å². The highest BCUT2D eigenvalue weighted by Gasteiger charge is 2.16. The van der Waals surface area contributed by atoms with Gasteiger partial charge in [0, 0.05) is 5.02 Å². The van der Waals surface area contributed by atoms with Crippen molar-refractivity contribution < 1.29 is 9.84 Å². The smallest absolute Gasteiger partial charge is 0.138 e. The largest absolute Gasteiger partial charge is 0.492 e. The van der Waals surface area contributed by atoms with Gasteiger partial charge in [0.1, 0.15) is 24.3 Å². The summed E-state index contributed by atoms with van der Waals surface area (Å²) in [4.78, 5) is 4.57. The van der Waals surface area contributed by atoms with E-state index < -0.39 is 6.10 Å². The molecular weight excluding hydrogens is 324 g/mol. The summed E-state index contributed by atoms with van der Waals surface area (Å²) < 4.78 is 7.88. The van der Waals surface area contributed by atoms with Crippen molar-refractivity contribution in [1.82, 2.24) is 9.55 Å². The Balaban J connectivity index is 1.79. The molecule has 0 saturated carbocycles. The Morgan fingerprint density at radius 1 is 1.25 bits per heavy atom. The van der Waals surface area contributed by atoms with E-state index in [4.69, 9.17) is 16.3 Å². The molecule has 24 heavy (non-hydrogen) atoms. The van der Waals surface area contributed by atoms with Gasteiger partial charge in [-0.25, -0.2) is 4.98 Å². The van der Waals surface area contributed by atoms with Crippen LogP contribution in [-0.4, -0.2) is 21.3 Å². The van der Waals surface area contributed by atoms with Crippen LogP contribution >= 0.6 is 11.6 Å². The number of hydrogen-bond acceptors (Lipinski definition) is 3. The zero-order valence-corrected chi connectivity index (χ0v) is 14.6. The summed E-state index contributed by atoms with van der Waals surface area (Å²) in [5.41, 5.74) is 2.89. The molecule has 0 saturated heterocycles. The van der Waals surface area contributed by atoms with Gasteiger partial charge in [-0.3, -0.25) is 0 Å². The monoisotopic (exact) mass is 344 g/mol. The van der Waals surface area contributed by atoms with E-state index >= 15 is 0 Å². The van der Waals surface area contributed by atoms with Gasteiger partial charge in [-0.15, -0.1) is 0 Å². The van der Waals surface area contributed by atoms with Gasteiger partial charge in [-0.2, -0.15) is 0 Å². The number of para-hydroxylation sites is 2. The molecule has 0 aliphatic carbocycles. The molecule has 3 aromatic rings. The minimum atomic E-state index is -0.574. The molecule has 1 atom stereocenters. The second-order valence-electron chi connectivity index (χ2n) is 5.79. The van der Waals surface area contributed by atoms with E-state index in [1.165, 1.54) is 0 Å². The third-order valence-electron chi connectivity index (χ3n) is 4.08. The Labute approximate surface area is 146 Å². The molecule has 126 valence electrons. The number of aromatic nitrogens is 2. The first kappa shape index (κ1) is 16.8. The summed E-state index contributed by atoms with van der Waals surface area (Å²) in [6.07, 6.45) is 0.0516. The number of rotatable bonds is 6. The van der Waals surface area contributed by atoms with Gasteiger partial charge in [0.2, 0.25) is 0 Å². The molecule has 0 aliphatic heterocycles. The third kappa shape index (κ3) is 3.40. The molecule has 1 N–H and O–H groups in total. The summed E-state index contributed by atoms with van der Waals surface area (Å²) in [6, 6.07) is 13.5. The molecular formula is C19H21ClN2O2. The van der Waals surface area contributed by atoms with E-state index in [1.54, 1.807) is 0 Å². The lowest BCUT2D eigenvalue weighted by Gasteiger charge is -2.13. The standard InChI is InChI=1S/C19H21ClN2O2/c1-3-18(23)19-21-16-6-4-5-7-17(16)22(19)10-11-24-14-8-9-15(20)13(2)12-14/h4-9,12,18,23H,3,10-11H2,1-2H3. The molecule has 0 aliphatic rings. The lowest BCUT2D eigenvalue weighted by atomic mass is 10.2. The fourth-order valence-electron chi connectivity index (χ4n) is 2.73. The highest BCUT2D eigenvalue weighted by Crippen LogP contribution is 2.24. The SMILES string of the molecule is CCC(O)c1nc2ccccc2n1CCOc1ccc(Cl)c(C)c1. The Morgan fingerprint density at radius 2 is 2.04 bits per heavy atom. The van der Waals surface area contributed by atoms with Gasteiger partial charge in [-0.1, -0.05) is 30.7 Å². The van der Waals surface area contributed by atoms with Crippen LogP contribution < -0.4 is 4.74 Å². The predicted molar refractivity (Wildman–Crippen MR) is 96.7 cm³/mol. The summed E-state index contributed by atoms with van der Waals surface area (Å²) in [7, 11) is 0. The lowest BCUT2D eigenvalue weighted by molar-refractivity contribution is 0.157. The molecule has 0 bridgehead atoms. The Bertz CT molecular complexity index is 844. The van der Waals surface area contributed by atoms with E-state index in [1.807, 2.05) is 60.9 Å². The number of aryl methyl sites for hydroxylation is 1. The molecule has 1 aromatic heterocycles. The molecule has 2 aromatic carbocycles. The topological polar surface area (TPSA) is 47.3 Å². The van der Waals surface area contributed by atoms with Gasteiger partial charge in [0.15, 0.2) is 0 Å². The molecule has 3 rings (SSSR count). The fraction of sp³-hybridized carbons (Fsp3) is 0.316. The van der Waals surface area contributed by atoms with Crippen LogP contribution in [0.3, 0.4) is 0 Å². The number of hydrogen-bond donors (Lipinski definition) is 1. The predicted octanol–water partition coefficient (Wildman–Crippen LogP) is 4.52. The Morgan fingerprint density at radius 3 is 2.79 bits per heavy atom. The van der Waals surface area contributed by atoms with Crippen molar-refractivity contribution in [3.8, 4) is 5.75 Å². The van der Waals surface area contributed by atoms with Crippen LogP contribution in [0, 0.1) is 6.92 Å². The van der Waals surface area contributed by atoms with Crippen LogP contribution in [0.1, 0.15) is 30.8 Å². The molecule has 1 unspecified atom stereocenters. The zero-order chi connectivity index (χ0) is 17.1. The summed E-state index contributed by atoms with van der Waals surface area (Å²) in [6.45, 7) is 5.01. The molecule has 0 amide bonds. The van der Waals surface area contributed by atoms with Crippen molar-refractivity contribution >= 4 is 22.6 Å². The number of fused-ring (bicyclic) bond motifs is 1. The normalized spacial score (nSPS) is 12.5. The number of imidazole rings is 1. The van der Waals surface area contributed by atoms with Crippen LogP contribution in [-0.2, 0) is 6.54 Å². The number of benzene rings is 2. The van der Waals surface area contributed by atoms with Crippen LogP contribution in [0.2, 0.25) is 5.02 Å². The molecule has 0 spiro atoms. The second-order valence-corrected chi connectivity index (χ2v) is 6.20. The van der Waals surface area contributed by atoms with Gasteiger partial charge >= 0.3 is 0 Å². The first-order chi connectivity index (χ1) is 11.6. The van der Waals surface area contributed by atoms with Crippen LogP contribution in [0.15, 0.2) is 42.5 Å². The van der Waals surface area contributed by atoms with Crippen LogP contribution in [0.5, 0.6) is 5.75 Å². The summed E-state index contributed by atoms with van der Waals surface area (Å²) in [5.74, 6) is 1.48. The minimum Gasteiger partial charge on any atom is -0.492 e. The van der Waals surface area contributed by atoms with Crippen molar-refractivity contribution in [2.45, 2.75) is 32.9 Å². The van der Waals surface area contributed by atoms with Crippen molar-refractivity contribution in [1.29, 1.82) is 0 Å². The molecule has 1 heterocycles. The van der Waals surface area contributed by atoms with Crippen LogP contribution in [0.4, 0.5) is 0 Å². The average Bonchev–Trinajstić information content (AvgIpc) is 2.96. The summed E-state index contributed by atoms with van der Waals surface area (Å²) >= 11 is 6.04. The number of nitrogens with zero attached hydrogens (tertiary/aromatic N) is 2. The molecule has 0 fully saturated rings. The minimum absolute atomic E-state index is 0.491. The molecule has 0 radical (unpaired) electrons. The lowest BCUT2D eigenvalue weighted by Crippen LogP contribution is -2.13. The second kappa shape index (κ2) is 7.24. The highest BCUT2D eigenvalue weighted by molar-refractivity contribution is 6.31. The average molecular weight is 345 g/mol. The Kier molecular flexibility index (Phi) is 5.07. The maximum atomic E-state index is 10.3. The third-order valence-corrected chi connectivity index (χ3v) is 4.51. The van der Waals surface area contributed by atoms with E-state index in [0.29, 0.717) is 25.4 Å². The number of halogens is 1. The maximum Gasteiger partial charge on any atom is 0.138 e. The molecule has 4 nitrogen and oxygen atoms in total. The van der Waals surface area contributed by atoms with Crippen LogP contribution in [0.25, 0.3) is 11.0 Å². The quantitative estimate of drug-likeness (QED) is 0.715. The van der Waals surface area contributed by atoms with E-state index in [2.05, 4.69) is 4.98 Å². The van der Waals surface area contributed by atoms with Crippen molar-refractivity contribution in [2.24, 2.45) is 0 Å². The first-order valence-corrected chi connectivity index (χ1v) is 8.50. The van der Waals surface area contributed by atoms with Gasteiger partial charge in [0.25, 0.3) is 0 Å². The fourth-order valence-corrected chi connectivity index (χ4v) is 2.85. The summed E-state index contributed by atoms with van der Waals surface area (Å²) in [5, 5.41) is 11.0. The van der Waals surface area contributed by atoms with Crippen molar-refractivity contribution in [3.63, 3.8) is 0 Å². The maximum absolute atomic E-state index is 10.3. The Hall–Kier alpha value is -2.04. The number of aliphatic hydroxyl groups is 1. The zero-order valence-electron chi connectivity index (χ0n) is 13.9. The number of aliphatic hydroxyl groups excluding tert-OH is 1. The van der Waals surface area contributed by atoms with E-state index in [-0.39, 0.29) is 0 Å². The van der Waals surface area contributed by atoms with Gasteiger partial charge in [0.05, 0.1) is 17.6 Å². The highest BCUT2D eigenvalue weighted by atomic mass is 35.5. The first-order valence-electron chi connectivity index (χ1n) is 8.12. The number of ether oxygens (including phenoxy) is 1. The van der Waals surface area contributed by atoms with E-state index in [9.17, 15) is 5.11 Å². The van der Waals surface area contributed by atoms with Gasteiger partial charge in [-0.05, 0) is 49.2 Å². The van der Waals surface area contributed by atoms with E-state index in [0.717, 1.165) is 27.4 Å². The molecule has 5 heteroatoms. The van der Waals surface area contributed by atoms with Gasteiger partial charge < -0.3 is 14.4 Å². The van der Waals surface area contributed by atoms with Crippen molar-refractivity contribution in [2.75, 3.05) is 6.61 Å².